The fraction of sp³-hybridized carbons (Fsp3) is 0.533. The van der Waals surface area contributed by atoms with Crippen molar-refractivity contribution < 1.29 is 19.4 Å². The molecule has 0 saturated heterocycles. The van der Waals surface area contributed by atoms with Crippen molar-refractivity contribution in [2.24, 2.45) is 0 Å². The van der Waals surface area contributed by atoms with Gasteiger partial charge >= 0.3 is 5.97 Å². The number of carbonyl (C=O) groups is 1. The van der Waals surface area contributed by atoms with Crippen molar-refractivity contribution in [1.82, 2.24) is 0 Å². The Hall–Kier alpha value is -1.23. The van der Waals surface area contributed by atoms with Gasteiger partial charge in [0.25, 0.3) is 0 Å². The van der Waals surface area contributed by atoms with Crippen LogP contribution in [0.15, 0.2) is 16.6 Å². The summed E-state index contributed by atoms with van der Waals surface area (Å²) < 4.78 is 11.9. The van der Waals surface area contributed by atoms with E-state index in [2.05, 4.69) is 29.8 Å². The molecule has 4 nitrogen and oxygen atoms in total. The fourth-order valence-electron chi connectivity index (χ4n) is 1.56. The predicted octanol–water partition coefficient (Wildman–Crippen LogP) is 4.51. The molecule has 0 heterocycles. The Bertz CT molecular complexity index is 414. The van der Waals surface area contributed by atoms with Crippen molar-refractivity contribution in [2.75, 3.05) is 13.2 Å². The van der Waals surface area contributed by atoms with Crippen LogP contribution in [0, 0.1) is 0 Å². The molecule has 0 bridgehead atoms. The van der Waals surface area contributed by atoms with Crippen LogP contribution < -0.4 is 9.47 Å². The first kappa shape index (κ1) is 16.8. The number of ether oxygens (including phenoxy) is 2. The maximum absolute atomic E-state index is 11.2. The van der Waals surface area contributed by atoms with Crippen LogP contribution in [0.1, 0.15) is 49.9 Å². The predicted molar refractivity (Wildman–Crippen MR) is 81.9 cm³/mol. The smallest absolute Gasteiger partial charge is 0.335 e. The number of unbranched alkanes of at least 4 members (excludes halogenated alkanes) is 2. The summed E-state index contributed by atoms with van der Waals surface area (Å²) in [7, 11) is 0. The first-order valence-electron chi connectivity index (χ1n) is 6.92. The lowest BCUT2D eigenvalue weighted by Gasteiger charge is -2.14. The molecule has 5 heteroatoms. The molecule has 112 valence electrons. The van der Waals surface area contributed by atoms with E-state index < -0.39 is 5.97 Å². The van der Waals surface area contributed by atoms with Crippen molar-refractivity contribution in [3.8, 4) is 11.5 Å². The number of halogens is 1. The summed E-state index contributed by atoms with van der Waals surface area (Å²) in [6.45, 7) is 5.27. The number of carboxylic acids is 1. The van der Waals surface area contributed by atoms with E-state index in [9.17, 15) is 4.79 Å². The van der Waals surface area contributed by atoms with E-state index in [1.165, 1.54) is 12.1 Å². The van der Waals surface area contributed by atoms with E-state index >= 15 is 0 Å². The van der Waals surface area contributed by atoms with Crippen LogP contribution in [0.5, 0.6) is 11.5 Å². The molecule has 0 aromatic heterocycles. The molecule has 1 rings (SSSR count). The van der Waals surface area contributed by atoms with Crippen LogP contribution in [0.25, 0.3) is 0 Å². The molecule has 0 fully saturated rings. The standard InChI is InChI=1S/C15H21BrO4/c1-3-5-7-19-12-9-11(15(17)18)10-13(14(12)16)20-8-6-4-2/h9-10H,3-8H2,1-2H3,(H,17,18). The quantitative estimate of drug-likeness (QED) is 0.669. The van der Waals surface area contributed by atoms with Crippen LogP contribution in [0.3, 0.4) is 0 Å². The van der Waals surface area contributed by atoms with Crippen LogP contribution >= 0.6 is 15.9 Å². The first-order valence-corrected chi connectivity index (χ1v) is 7.71. The minimum Gasteiger partial charge on any atom is -0.492 e. The summed E-state index contributed by atoms with van der Waals surface area (Å²) in [6.07, 6.45) is 3.90. The summed E-state index contributed by atoms with van der Waals surface area (Å²) in [6, 6.07) is 3.05. The third-order valence-electron chi connectivity index (χ3n) is 2.76. The normalized spacial score (nSPS) is 10.3. The average Bonchev–Trinajstić information content (AvgIpc) is 2.42. The van der Waals surface area contributed by atoms with Crippen molar-refractivity contribution in [1.29, 1.82) is 0 Å². The summed E-state index contributed by atoms with van der Waals surface area (Å²) >= 11 is 3.43. The fourth-order valence-corrected chi connectivity index (χ4v) is 2.02. The number of hydrogen-bond donors (Lipinski definition) is 1. The molecule has 0 radical (unpaired) electrons. The van der Waals surface area contributed by atoms with Gasteiger partial charge in [0.15, 0.2) is 0 Å². The Morgan fingerprint density at radius 2 is 1.55 bits per heavy atom. The van der Waals surface area contributed by atoms with E-state index in [1.54, 1.807) is 0 Å². The zero-order valence-corrected chi connectivity index (χ0v) is 13.5. The van der Waals surface area contributed by atoms with Gasteiger partial charge in [0.05, 0.1) is 18.8 Å². The molecule has 1 aromatic rings. The number of hydrogen-bond acceptors (Lipinski definition) is 3. The highest BCUT2D eigenvalue weighted by molar-refractivity contribution is 9.10. The van der Waals surface area contributed by atoms with Crippen molar-refractivity contribution >= 4 is 21.9 Å². The van der Waals surface area contributed by atoms with Crippen LogP contribution in [-0.2, 0) is 0 Å². The molecule has 0 aliphatic heterocycles. The lowest BCUT2D eigenvalue weighted by molar-refractivity contribution is 0.0695. The maximum atomic E-state index is 11.2. The van der Waals surface area contributed by atoms with E-state index in [1.807, 2.05) is 0 Å². The summed E-state index contributed by atoms with van der Waals surface area (Å²) in [5.41, 5.74) is 0.172. The molecule has 0 atom stereocenters. The number of aromatic carboxylic acids is 1. The zero-order chi connectivity index (χ0) is 15.0. The Labute approximate surface area is 128 Å². The van der Waals surface area contributed by atoms with Gasteiger partial charge in [-0.3, -0.25) is 0 Å². The van der Waals surface area contributed by atoms with E-state index in [4.69, 9.17) is 14.6 Å². The monoisotopic (exact) mass is 344 g/mol. The second kappa shape index (κ2) is 8.84. The van der Waals surface area contributed by atoms with Crippen molar-refractivity contribution in [2.45, 2.75) is 39.5 Å². The topological polar surface area (TPSA) is 55.8 Å². The molecular weight excluding hydrogens is 324 g/mol. The molecule has 1 aromatic carbocycles. The lowest BCUT2D eigenvalue weighted by Crippen LogP contribution is -2.04. The Kier molecular flexibility index (Phi) is 7.44. The zero-order valence-electron chi connectivity index (χ0n) is 11.9. The maximum Gasteiger partial charge on any atom is 0.335 e. The highest BCUT2D eigenvalue weighted by Crippen LogP contribution is 2.36. The van der Waals surface area contributed by atoms with Gasteiger partial charge < -0.3 is 14.6 Å². The minimum absolute atomic E-state index is 0.172. The molecule has 20 heavy (non-hydrogen) atoms. The highest BCUT2D eigenvalue weighted by Gasteiger charge is 2.15. The number of carboxylic acid groups (broad SMARTS) is 1. The second-order valence-corrected chi connectivity index (χ2v) is 5.29. The SMILES string of the molecule is CCCCOc1cc(C(=O)O)cc(OCCCC)c1Br. The Morgan fingerprint density at radius 3 is 1.90 bits per heavy atom. The van der Waals surface area contributed by atoms with Gasteiger partial charge in [-0.05, 0) is 40.9 Å². The highest BCUT2D eigenvalue weighted by atomic mass is 79.9. The third-order valence-corrected chi connectivity index (χ3v) is 3.55. The number of benzene rings is 1. The third kappa shape index (κ3) is 5.04. The van der Waals surface area contributed by atoms with Gasteiger partial charge in [0.2, 0.25) is 0 Å². The van der Waals surface area contributed by atoms with Crippen molar-refractivity contribution in [3.63, 3.8) is 0 Å². The first-order chi connectivity index (χ1) is 9.60. The second-order valence-electron chi connectivity index (χ2n) is 4.50. The molecule has 0 spiro atoms. The van der Waals surface area contributed by atoms with E-state index in [0.717, 1.165) is 25.7 Å². The largest absolute Gasteiger partial charge is 0.492 e. The van der Waals surface area contributed by atoms with E-state index in [0.29, 0.717) is 29.2 Å². The molecule has 0 unspecified atom stereocenters. The Balaban J connectivity index is 2.93. The Morgan fingerprint density at radius 1 is 1.10 bits per heavy atom. The van der Waals surface area contributed by atoms with Crippen molar-refractivity contribution in [3.05, 3.63) is 22.2 Å². The molecular formula is C15H21BrO4. The van der Waals surface area contributed by atoms with Gasteiger partial charge in [-0.2, -0.15) is 0 Å². The lowest BCUT2D eigenvalue weighted by atomic mass is 10.2. The summed E-state index contributed by atoms with van der Waals surface area (Å²) in [5, 5.41) is 9.14. The van der Waals surface area contributed by atoms with Gasteiger partial charge in [-0.15, -0.1) is 0 Å². The van der Waals surface area contributed by atoms with Gasteiger partial charge in [-0.25, -0.2) is 4.79 Å². The number of rotatable bonds is 9. The summed E-state index contributed by atoms with van der Waals surface area (Å²) in [4.78, 5) is 11.2. The van der Waals surface area contributed by atoms with Gasteiger partial charge in [0.1, 0.15) is 16.0 Å². The van der Waals surface area contributed by atoms with Gasteiger partial charge in [0, 0.05) is 0 Å². The molecule has 0 amide bonds. The molecule has 0 saturated carbocycles. The summed E-state index contributed by atoms with van der Waals surface area (Å²) in [5.74, 6) is 0.0490. The minimum atomic E-state index is -0.988. The molecule has 0 aliphatic rings. The molecule has 0 aliphatic carbocycles. The van der Waals surface area contributed by atoms with E-state index in [-0.39, 0.29) is 5.56 Å². The van der Waals surface area contributed by atoms with Crippen LogP contribution in [0.2, 0.25) is 0 Å². The van der Waals surface area contributed by atoms with Crippen LogP contribution in [0.4, 0.5) is 0 Å². The van der Waals surface area contributed by atoms with Crippen LogP contribution in [-0.4, -0.2) is 24.3 Å². The average molecular weight is 345 g/mol. The molecule has 1 N–H and O–H groups in total. The van der Waals surface area contributed by atoms with Gasteiger partial charge in [-0.1, -0.05) is 26.7 Å².